The molecule has 0 atom stereocenters. The van der Waals surface area contributed by atoms with Crippen LogP contribution in [0.4, 0.5) is 4.39 Å². The minimum atomic E-state index is -0.248. The SMILES string of the molecule is O=C(CSCc1ccc(F)cc1)NCc1nc2ccccc2[nH]1. The van der Waals surface area contributed by atoms with Gasteiger partial charge < -0.3 is 10.3 Å². The highest BCUT2D eigenvalue weighted by molar-refractivity contribution is 7.99. The maximum Gasteiger partial charge on any atom is 0.230 e. The van der Waals surface area contributed by atoms with Crippen molar-refractivity contribution >= 4 is 28.7 Å². The monoisotopic (exact) mass is 329 g/mol. The van der Waals surface area contributed by atoms with Gasteiger partial charge in [-0.25, -0.2) is 9.37 Å². The summed E-state index contributed by atoms with van der Waals surface area (Å²) in [5.41, 5.74) is 2.85. The largest absolute Gasteiger partial charge is 0.348 e. The molecule has 3 rings (SSSR count). The average molecular weight is 329 g/mol. The minimum absolute atomic E-state index is 0.0439. The van der Waals surface area contributed by atoms with Crippen LogP contribution in [-0.4, -0.2) is 21.6 Å². The van der Waals surface area contributed by atoms with Crippen molar-refractivity contribution in [2.45, 2.75) is 12.3 Å². The number of aromatic amines is 1. The number of hydrogen-bond acceptors (Lipinski definition) is 3. The number of fused-ring (bicyclic) bond motifs is 1. The number of carbonyl (C=O) groups excluding carboxylic acids is 1. The van der Waals surface area contributed by atoms with E-state index in [1.54, 1.807) is 12.1 Å². The van der Waals surface area contributed by atoms with Gasteiger partial charge in [0.15, 0.2) is 0 Å². The molecule has 1 amide bonds. The first kappa shape index (κ1) is 15.6. The summed E-state index contributed by atoms with van der Waals surface area (Å²) in [6.45, 7) is 0.380. The summed E-state index contributed by atoms with van der Waals surface area (Å²) in [5.74, 6) is 1.48. The van der Waals surface area contributed by atoms with Crippen LogP contribution in [0.15, 0.2) is 48.5 Å². The molecule has 0 fully saturated rings. The number of aromatic nitrogens is 2. The van der Waals surface area contributed by atoms with E-state index in [-0.39, 0.29) is 11.7 Å². The zero-order valence-electron chi connectivity index (χ0n) is 12.4. The number of carbonyl (C=O) groups is 1. The van der Waals surface area contributed by atoms with Gasteiger partial charge in [-0.1, -0.05) is 24.3 Å². The summed E-state index contributed by atoms with van der Waals surface area (Å²) in [4.78, 5) is 19.4. The third-order valence-corrected chi connectivity index (χ3v) is 4.31. The molecule has 2 aromatic carbocycles. The molecule has 0 aliphatic carbocycles. The Balaban J connectivity index is 1.43. The van der Waals surface area contributed by atoms with Gasteiger partial charge in [0.2, 0.25) is 5.91 Å². The van der Waals surface area contributed by atoms with E-state index in [1.807, 2.05) is 24.3 Å². The lowest BCUT2D eigenvalue weighted by Crippen LogP contribution is -2.25. The summed E-state index contributed by atoms with van der Waals surface area (Å²) >= 11 is 1.50. The van der Waals surface area contributed by atoms with Gasteiger partial charge in [-0.15, -0.1) is 11.8 Å². The number of nitrogens with one attached hydrogen (secondary N) is 2. The van der Waals surface area contributed by atoms with Crippen molar-refractivity contribution in [3.63, 3.8) is 0 Å². The Morgan fingerprint density at radius 3 is 2.74 bits per heavy atom. The lowest BCUT2D eigenvalue weighted by Gasteiger charge is -2.04. The molecule has 0 saturated carbocycles. The predicted molar refractivity (Wildman–Crippen MR) is 90.5 cm³/mol. The molecule has 1 aromatic heterocycles. The number of para-hydroxylation sites is 2. The zero-order chi connectivity index (χ0) is 16.1. The Bertz CT molecular complexity index is 768. The second-order valence-corrected chi connectivity index (χ2v) is 6.08. The van der Waals surface area contributed by atoms with Gasteiger partial charge in [0.1, 0.15) is 11.6 Å². The van der Waals surface area contributed by atoms with Crippen molar-refractivity contribution in [3.8, 4) is 0 Å². The van der Waals surface area contributed by atoms with E-state index < -0.39 is 0 Å². The Labute approximate surface area is 137 Å². The zero-order valence-corrected chi connectivity index (χ0v) is 13.2. The molecular weight excluding hydrogens is 313 g/mol. The van der Waals surface area contributed by atoms with E-state index in [0.29, 0.717) is 18.1 Å². The molecule has 1 heterocycles. The van der Waals surface area contributed by atoms with E-state index in [1.165, 1.54) is 23.9 Å². The van der Waals surface area contributed by atoms with Crippen LogP contribution >= 0.6 is 11.8 Å². The van der Waals surface area contributed by atoms with Crippen LogP contribution in [0.1, 0.15) is 11.4 Å². The second kappa shape index (κ2) is 7.28. The number of rotatable bonds is 6. The van der Waals surface area contributed by atoms with Crippen molar-refractivity contribution in [1.82, 2.24) is 15.3 Å². The molecule has 118 valence electrons. The minimum Gasteiger partial charge on any atom is -0.348 e. The van der Waals surface area contributed by atoms with Crippen LogP contribution in [-0.2, 0) is 17.1 Å². The van der Waals surface area contributed by atoms with E-state index in [2.05, 4.69) is 15.3 Å². The van der Waals surface area contributed by atoms with E-state index in [0.717, 1.165) is 22.4 Å². The number of benzene rings is 2. The average Bonchev–Trinajstić information content (AvgIpc) is 2.98. The molecule has 0 aliphatic heterocycles. The number of imidazole rings is 1. The third-order valence-electron chi connectivity index (χ3n) is 3.31. The molecule has 0 saturated heterocycles. The maximum absolute atomic E-state index is 12.8. The Morgan fingerprint density at radius 1 is 1.17 bits per heavy atom. The Hall–Kier alpha value is -2.34. The van der Waals surface area contributed by atoms with Gasteiger partial charge >= 0.3 is 0 Å². The topological polar surface area (TPSA) is 57.8 Å². The van der Waals surface area contributed by atoms with Crippen LogP contribution < -0.4 is 5.32 Å². The van der Waals surface area contributed by atoms with E-state index in [9.17, 15) is 9.18 Å². The fourth-order valence-corrected chi connectivity index (χ4v) is 2.98. The van der Waals surface area contributed by atoms with E-state index in [4.69, 9.17) is 0 Å². The predicted octanol–water partition coefficient (Wildman–Crippen LogP) is 3.25. The van der Waals surface area contributed by atoms with Crippen LogP contribution in [0.3, 0.4) is 0 Å². The number of thioether (sulfide) groups is 1. The van der Waals surface area contributed by atoms with Crippen molar-refractivity contribution < 1.29 is 9.18 Å². The maximum atomic E-state index is 12.8. The van der Waals surface area contributed by atoms with Gasteiger partial charge in [-0.2, -0.15) is 0 Å². The molecular formula is C17H16FN3OS. The summed E-state index contributed by atoms with van der Waals surface area (Å²) in [5, 5.41) is 2.84. The molecule has 0 radical (unpaired) electrons. The van der Waals surface area contributed by atoms with Crippen molar-refractivity contribution in [1.29, 1.82) is 0 Å². The molecule has 0 unspecified atom stereocenters. The van der Waals surface area contributed by atoms with Gasteiger partial charge in [0.25, 0.3) is 0 Å². The number of hydrogen-bond donors (Lipinski definition) is 2. The van der Waals surface area contributed by atoms with Crippen LogP contribution in [0, 0.1) is 5.82 Å². The summed E-state index contributed by atoms with van der Waals surface area (Å²) < 4.78 is 12.8. The first-order chi connectivity index (χ1) is 11.2. The highest BCUT2D eigenvalue weighted by Gasteiger charge is 2.05. The third kappa shape index (κ3) is 4.32. The summed E-state index contributed by atoms with van der Waals surface area (Å²) in [6.07, 6.45) is 0. The first-order valence-electron chi connectivity index (χ1n) is 7.23. The molecule has 4 nitrogen and oxygen atoms in total. The highest BCUT2D eigenvalue weighted by Crippen LogP contribution is 2.13. The van der Waals surface area contributed by atoms with Crippen LogP contribution in [0.5, 0.6) is 0 Å². The quantitative estimate of drug-likeness (QED) is 0.730. The van der Waals surface area contributed by atoms with Crippen LogP contribution in [0.2, 0.25) is 0 Å². The van der Waals surface area contributed by atoms with Crippen molar-refractivity contribution in [3.05, 3.63) is 65.7 Å². The van der Waals surface area contributed by atoms with E-state index >= 15 is 0 Å². The summed E-state index contributed by atoms with van der Waals surface area (Å²) in [7, 11) is 0. The molecule has 6 heteroatoms. The molecule has 3 aromatic rings. The van der Waals surface area contributed by atoms with Crippen LogP contribution in [0.25, 0.3) is 11.0 Å². The standard InChI is InChI=1S/C17H16FN3OS/c18-13-7-5-12(6-8-13)10-23-11-17(22)19-9-16-20-14-3-1-2-4-15(14)21-16/h1-8H,9-11H2,(H,19,22)(H,20,21). The molecule has 0 aliphatic rings. The number of H-pyrrole nitrogens is 1. The number of amides is 1. The van der Waals surface area contributed by atoms with Crippen molar-refractivity contribution in [2.24, 2.45) is 0 Å². The Kier molecular flexibility index (Phi) is 4.92. The molecule has 0 spiro atoms. The van der Waals surface area contributed by atoms with Crippen molar-refractivity contribution in [2.75, 3.05) is 5.75 Å². The fourth-order valence-electron chi connectivity index (χ4n) is 2.16. The molecule has 23 heavy (non-hydrogen) atoms. The lowest BCUT2D eigenvalue weighted by atomic mass is 10.2. The van der Waals surface area contributed by atoms with Gasteiger partial charge in [-0.3, -0.25) is 4.79 Å². The summed E-state index contributed by atoms with van der Waals surface area (Å²) in [6, 6.07) is 14.1. The second-order valence-electron chi connectivity index (χ2n) is 5.10. The lowest BCUT2D eigenvalue weighted by molar-refractivity contribution is -0.118. The number of nitrogens with zero attached hydrogens (tertiary/aromatic N) is 1. The fraction of sp³-hybridized carbons (Fsp3) is 0.176. The highest BCUT2D eigenvalue weighted by atomic mass is 32.2. The molecule has 2 N–H and O–H groups in total. The smallest absolute Gasteiger partial charge is 0.230 e. The van der Waals surface area contributed by atoms with Gasteiger partial charge in [0, 0.05) is 5.75 Å². The van der Waals surface area contributed by atoms with Gasteiger partial charge in [0.05, 0.1) is 23.3 Å². The van der Waals surface area contributed by atoms with Gasteiger partial charge in [-0.05, 0) is 29.8 Å². The Morgan fingerprint density at radius 2 is 1.96 bits per heavy atom. The number of halogens is 1. The molecule has 0 bridgehead atoms. The first-order valence-corrected chi connectivity index (χ1v) is 8.39. The normalized spacial score (nSPS) is 10.8.